The molecule has 58 valence electrons. The number of piperidine rings is 1. The van der Waals surface area contributed by atoms with Crippen molar-refractivity contribution in [3.05, 3.63) is 0 Å². The molecule has 10 heavy (non-hydrogen) atoms. The third-order valence-electron chi connectivity index (χ3n) is 1.74. The summed E-state index contributed by atoms with van der Waals surface area (Å²) in [5.74, 6) is -0.320. The normalized spacial score (nSPS) is 25.9. The first-order chi connectivity index (χ1) is 4.84. The minimum absolute atomic E-state index is 0.182. The Morgan fingerprint density at radius 1 is 1.60 bits per heavy atom. The summed E-state index contributed by atoms with van der Waals surface area (Å²) in [5, 5.41) is 11.2. The minimum Gasteiger partial charge on any atom is -0.306 e. The zero-order valence-electron chi connectivity index (χ0n) is 5.76. The Morgan fingerprint density at radius 3 is 2.90 bits per heavy atom. The molecule has 3 N–H and O–H groups in total. The number of carbonyl (C=O) groups excluding carboxylic acids is 1. The fourth-order valence-electron chi connectivity index (χ4n) is 1.15. The summed E-state index contributed by atoms with van der Waals surface area (Å²) in [6, 6.07) is -0.182. The first-order valence-electron chi connectivity index (χ1n) is 3.52. The van der Waals surface area contributed by atoms with Crippen LogP contribution in [0.2, 0.25) is 0 Å². The summed E-state index contributed by atoms with van der Waals surface area (Å²) in [6.07, 6.45) is 3.01. The van der Waals surface area contributed by atoms with Crippen molar-refractivity contribution in [3.63, 3.8) is 0 Å². The smallest absolute Gasteiger partial charge is 0.260 e. The van der Waals surface area contributed by atoms with Crippen LogP contribution in [0.4, 0.5) is 0 Å². The van der Waals surface area contributed by atoms with E-state index in [2.05, 4.69) is 5.32 Å². The van der Waals surface area contributed by atoms with Gasteiger partial charge in [-0.25, -0.2) is 5.48 Å². The van der Waals surface area contributed by atoms with E-state index in [4.69, 9.17) is 5.21 Å². The number of rotatable bonds is 1. The van der Waals surface area contributed by atoms with Crippen LogP contribution in [-0.2, 0) is 4.79 Å². The molecule has 0 bridgehead atoms. The number of hydrogen-bond donors (Lipinski definition) is 3. The van der Waals surface area contributed by atoms with Crippen molar-refractivity contribution in [2.24, 2.45) is 0 Å². The van der Waals surface area contributed by atoms with Crippen LogP contribution in [0.5, 0.6) is 0 Å². The van der Waals surface area contributed by atoms with E-state index >= 15 is 0 Å². The maximum absolute atomic E-state index is 10.7. The zero-order valence-corrected chi connectivity index (χ0v) is 5.76. The first-order valence-corrected chi connectivity index (χ1v) is 3.52. The van der Waals surface area contributed by atoms with Gasteiger partial charge < -0.3 is 5.32 Å². The van der Waals surface area contributed by atoms with Gasteiger partial charge in [-0.1, -0.05) is 6.42 Å². The molecule has 4 heteroatoms. The van der Waals surface area contributed by atoms with Gasteiger partial charge in [-0.3, -0.25) is 10.0 Å². The molecule has 1 saturated heterocycles. The van der Waals surface area contributed by atoms with Crippen LogP contribution in [0.1, 0.15) is 19.3 Å². The maximum Gasteiger partial charge on any atom is 0.260 e. The molecule has 1 rings (SSSR count). The van der Waals surface area contributed by atoms with E-state index in [-0.39, 0.29) is 11.9 Å². The molecule has 4 nitrogen and oxygen atoms in total. The molecule has 0 spiro atoms. The van der Waals surface area contributed by atoms with Gasteiger partial charge in [-0.05, 0) is 19.4 Å². The summed E-state index contributed by atoms with van der Waals surface area (Å²) in [4.78, 5) is 10.7. The third-order valence-corrected chi connectivity index (χ3v) is 1.74. The lowest BCUT2D eigenvalue weighted by Crippen LogP contribution is -2.45. The van der Waals surface area contributed by atoms with Crippen LogP contribution in [0, 0.1) is 0 Å². The van der Waals surface area contributed by atoms with E-state index in [9.17, 15) is 4.79 Å². The number of nitrogens with one attached hydrogen (secondary N) is 2. The van der Waals surface area contributed by atoms with Gasteiger partial charge in [0.2, 0.25) is 0 Å². The summed E-state index contributed by atoms with van der Waals surface area (Å²) in [5.41, 5.74) is 1.63. The molecule has 1 unspecified atom stereocenters. The van der Waals surface area contributed by atoms with Crippen molar-refractivity contribution in [3.8, 4) is 0 Å². The molecule has 1 aliphatic rings. The van der Waals surface area contributed by atoms with Crippen LogP contribution in [0.3, 0.4) is 0 Å². The fourth-order valence-corrected chi connectivity index (χ4v) is 1.15. The maximum atomic E-state index is 10.7. The standard InChI is InChI=1S/C6H12N2O2/c9-6(8-10)5-3-1-2-4-7-5/h5,7,10H,1-4H2,(H,8,9). The summed E-state index contributed by atoms with van der Waals surface area (Å²) in [6.45, 7) is 0.873. The van der Waals surface area contributed by atoms with Crippen molar-refractivity contribution < 1.29 is 10.0 Å². The average molecular weight is 144 g/mol. The van der Waals surface area contributed by atoms with Crippen LogP contribution < -0.4 is 10.8 Å². The highest BCUT2D eigenvalue weighted by Crippen LogP contribution is 2.05. The predicted molar refractivity (Wildman–Crippen MR) is 35.6 cm³/mol. The Kier molecular flexibility index (Phi) is 2.65. The van der Waals surface area contributed by atoms with Gasteiger partial charge in [-0.2, -0.15) is 0 Å². The molecule has 0 aliphatic carbocycles. The Bertz CT molecular complexity index is 121. The number of hydroxylamine groups is 1. The van der Waals surface area contributed by atoms with Crippen molar-refractivity contribution in [1.82, 2.24) is 10.8 Å². The van der Waals surface area contributed by atoms with Gasteiger partial charge in [0.15, 0.2) is 0 Å². The Hall–Kier alpha value is -0.610. The molecule has 0 aromatic carbocycles. The van der Waals surface area contributed by atoms with Crippen LogP contribution >= 0.6 is 0 Å². The minimum atomic E-state index is -0.320. The summed E-state index contributed by atoms with van der Waals surface area (Å²) < 4.78 is 0. The van der Waals surface area contributed by atoms with E-state index in [0.29, 0.717) is 0 Å². The van der Waals surface area contributed by atoms with Gasteiger partial charge in [0.25, 0.3) is 5.91 Å². The fraction of sp³-hybridized carbons (Fsp3) is 0.833. The van der Waals surface area contributed by atoms with Gasteiger partial charge in [0, 0.05) is 0 Å². The third kappa shape index (κ3) is 1.68. The van der Waals surface area contributed by atoms with E-state index in [1.165, 1.54) is 0 Å². The van der Waals surface area contributed by atoms with Crippen LogP contribution in [0.15, 0.2) is 0 Å². The summed E-state index contributed by atoms with van der Waals surface area (Å²) in [7, 11) is 0. The molecule has 0 radical (unpaired) electrons. The summed E-state index contributed by atoms with van der Waals surface area (Å²) >= 11 is 0. The lowest BCUT2D eigenvalue weighted by atomic mass is 10.1. The Balaban J connectivity index is 2.31. The highest BCUT2D eigenvalue weighted by Gasteiger charge is 2.19. The highest BCUT2D eigenvalue weighted by molar-refractivity contribution is 5.80. The molecule has 0 aromatic rings. The van der Waals surface area contributed by atoms with Gasteiger partial charge in [-0.15, -0.1) is 0 Å². The first kappa shape index (κ1) is 7.50. The molecule has 1 fully saturated rings. The lowest BCUT2D eigenvalue weighted by molar-refractivity contribution is -0.131. The number of carbonyl (C=O) groups is 1. The molecule has 1 amide bonds. The Labute approximate surface area is 59.6 Å². The van der Waals surface area contributed by atoms with Crippen molar-refractivity contribution in [2.45, 2.75) is 25.3 Å². The van der Waals surface area contributed by atoms with Gasteiger partial charge >= 0.3 is 0 Å². The Morgan fingerprint density at radius 2 is 2.40 bits per heavy atom. The molecule has 0 aromatic heterocycles. The molecular weight excluding hydrogens is 132 g/mol. The second-order valence-corrected chi connectivity index (χ2v) is 2.48. The van der Waals surface area contributed by atoms with Crippen molar-refractivity contribution >= 4 is 5.91 Å². The van der Waals surface area contributed by atoms with E-state index in [1.54, 1.807) is 5.48 Å². The molecule has 0 saturated carbocycles. The van der Waals surface area contributed by atoms with Crippen molar-refractivity contribution in [2.75, 3.05) is 6.54 Å². The molecule has 1 heterocycles. The topological polar surface area (TPSA) is 61.4 Å². The lowest BCUT2D eigenvalue weighted by Gasteiger charge is -2.20. The second kappa shape index (κ2) is 3.53. The average Bonchev–Trinajstić information content (AvgIpc) is 2.05. The van der Waals surface area contributed by atoms with Gasteiger partial charge in [0.05, 0.1) is 6.04 Å². The number of hydrogen-bond acceptors (Lipinski definition) is 3. The molecule has 1 atom stereocenters. The highest BCUT2D eigenvalue weighted by atomic mass is 16.5. The van der Waals surface area contributed by atoms with Crippen LogP contribution in [-0.4, -0.2) is 23.7 Å². The predicted octanol–water partition coefficient (Wildman–Crippen LogP) is -0.366. The number of amides is 1. The quantitative estimate of drug-likeness (QED) is 0.347. The molecule has 1 aliphatic heterocycles. The van der Waals surface area contributed by atoms with Crippen LogP contribution in [0.25, 0.3) is 0 Å². The van der Waals surface area contributed by atoms with E-state index in [0.717, 1.165) is 25.8 Å². The zero-order chi connectivity index (χ0) is 7.40. The van der Waals surface area contributed by atoms with Gasteiger partial charge in [0.1, 0.15) is 0 Å². The van der Waals surface area contributed by atoms with E-state index in [1.807, 2.05) is 0 Å². The SMILES string of the molecule is O=C(NO)C1CCCCN1. The molecular formula is C6H12N2O2. The second-order valence-electron chi connectivity index (χ2n) is 2.48. The van der Waals surface area contributed by atoms with Crippen molar-refractivity contribution in [1.29, 1.82) is 0 Å². The van der Waals surface area contributed by atoms with E-state index < -0.39 is 0 Å². The largest absolute Gasteiger partial charge is 0.306 e. The monoisotopic (exact) mass is 144 g/mol.